The van der Waals surface area contributed by atoms with Crippen LogP contribution in [0.25, 0.3) is 0 Å². The van der Waals surface area contributed by atoms with Gasteiger partial charge in [0.15, 0.2) is 0 Å². The molecule has 0 saturated heterocycles. The standard InChI is InChI=1S/C9H12F2N4O/c1-15(5-7(10)11)9(16)6-2-3-13-8(4-6)14-12/h2-4,7H,5,12H2,1H3,(H,13,14). The molecule has 1 rings (SSSR count). The number of amides is 1. The molecule has 1 heterocycles. The van der Waals surface area contributed by atoms with Gasteiger partial charge in [0, 0.05) is 18.8 Å². The molecule has 0 atom stereocenters. The van der Waals surface area contributed by atoms with E-state index in [9.17, 15) is 13.6 Å². The molecule has 0 aliphatic carbocycles. The highest BCUT2D eigenvalue weighted by atomic mass is 19.3. The van der Waals surface area contributed by atoms with Crippen molar-refractivity contribution in [1.29, 1.82) is 0 Å². The summed E-state index contributed by atoms with van der Waals surface area (Å²) in [5, 5.41) is 0. The lowest BCUT2D eigenvalue weighted by atomic mass is 10.2. The maximum atomic E-state index is 12.1. The molecule has 0 spiro atoms. The highest BCUT2D eigenvalue weighted by molar-refractivity contribution is 5.94. The molecule has 7 heteroatoms. The number of hydrogen-bond acceptors (Lipinski definition) is 4. The number of nitrogens with one attached hydrogen (secondary N) is 1. The zero-order valence-electron chi connectivity index (χ0n) is 8.65. The Morgan fingerprint density at radius 1 is 1.69 bits per heavy atom. The van der Waals surface area contributed by atoms with E-state index in [0.29, 0.717) is 5.82 Å². The predicted molar refractivity (Wildman–Crippen MR) is 55.0 cm³/mol. The number of alkyl halides is 2. The van der Waals surface area contributed by atoms with Crippen molar-refractivity contribution in [3.8, 4) is 0 Å². The summed E-state index contributed by atoms with van der Waals surface area (Å²) < 4.78 is 24.1. The van der Waals surface area contributed by atoms with Gasteiger partial charge in [0.05, 0.1) is 6.54 Å². The second-order valence-corrected chi connectivity index (χ2v) is 3.15. The van der Waals surface area contributed by atoms with Crippen LogP contribution in [0, 0.1) is 0 Å². The summed E-state index contributed by atoms with van der Waals surface area (Å²) in [6.45, 7) is -0.605. The topological polar surface area (TPSA) is 71.2 Å². The van der Waals surface area contributed by atoms with Crippen LogP contribution in [0.2, 0.25) is 0 Å². The van der Waals surface area contributed by atoms with Crippen molar-refractivity contribution in [2.45, 2.75) is 6.43 Å². The summed E-state index contributed by atoms with van der Waals surface area (Å²) in [7, 11) is 1.31. The van der Waals surface area contributed by atoms with E-state index in [2.05, 4.69) is 10.4 Å². The lowest BCUT2D eigenvalue weighted by Crippen LogP contribution is -2.31. The third-order valence-corrected chi connectivity index (χ3v) is 1.91. The number of hydrazine groups is 1. The van der Waals surface area contributed by atoms with E-state index in [-0.39, 0.29) is 5.56 Å². The summed E-state index contributed by atoms with van der Waals surface area (Å²) in [6, 6.07) is 2.83. The van der Waals surface area contributed by atoms with Crippen LogP contribution in [0.3, 0.4) is 0 Å². The Bertz CT molecular complexity index is 372. The smallest absolute Gasteiger partial charge is 0.255 e. The molecule has 0 radical (unpaired) electrons. The molecule has 0 unspecified atom stereocenters. The zero-order valence-corrected chi connectivity index (χ0v) is 8.65. The van der Waals surface area contributed by atoms with Crippen LogP contribution in [-0.4, -0.2) is 35.8 Å². The quantitative estimate of drug-likeness (QED) is 0.590. The predicted octanol–water partition coefficient (Wildman–Crippen LogP) is 0.704. The molecule has 16 heavy (non-hydrogen) atoms. The number of pyridine rings is 1. The molecule has 0 aliphatic heterocycles. The summed E-state index contributed by atoms with van der Waals surface area (Å²) in [6.07, 6.45) is -1.18. The minimum atomic E-state index is -2.55. The van der Waals surface area contributed by atoms with Crippen LogP contribution in [0.1, 0.15) is 10.4 Å². The fourth-order valence-corrected chi connectivity index (χ4v) is 1.15. The fourth-order valence-electron chi connectivity index (χ4n) is 1.15. The van der Waals surface area contributed by atoms with Crippen molar-refractivity contribution >= 4 is 11.7 Å². The average molecular weight is 230 g/mol. The Balaban J connectivity index is 2.79. The average Bonchev–Trinajstić information content (AvgIpc) is 2.27. The molecule has 1 aromatic rings. The normalized spacial score (nSPS) is 10.3. The van der Waals surface area contributed by atoms with E-state index in [1.807, 2.05) is 0 Å². The monoisotopic (exact) mass is 230 g/mol. The molecule has 0 aliphatic rings. The van der Waals surface area contributed by atoms with Crippen LogP contribution in [0.15, 0.2) is 18.3 Å². The molecule has 88 valence electrons. The van der Waals surface area contributed by atoms with Crippen LogP contribution >= 0.6 is 0 Å². The number of hydrogen-bond donors (Lipinski definition) is 2. The molecule has 0 bridgehead atoms. The number of anilines is 1. The van der Waals surface area contributed by atoms with Crippen molar-refractivity contribution in [3.63, 3.8) is 0 Å². The largest absolute Gasteiger partial charge is 0.336 e. The molecule has 0 saturated carbocycles. The van der Waals surface area contributed by atoms with E-state index in [1.54, 1.807) is 0 Å². The lowest BCUT2D eigenvalue weighted by molar-refractivity contribution is 0.0620. The molecule has 1 amide bonds. The number of nitrogens with two attached hydrogens (primary N) is 1. The van der Waals surface area contributed by atoms with E-state index in [4.69, 9.17) is 5.84 Å². The third-order valence-electron chi connectivity index (χ3n) is 1.91. The summed E-state index contributed by atoms with van der Waals surface area (Å²) >= 11 is 0. The van der Waals surface area contributed by atoms with Gasteiger partial charge in [0.2, 0.25) is 0 Å². The maximum absolute atomic E-state index is 12.1. The number of carbonyl (C=O) groups excluding carboxylic acids is 1. The Hall–Kier alpha value is -1.76. The van der Waals surface area contributed by atoms with Crippen molar-refractivity contribution < 1.29 is 13.6 Å². The van der Waals surface area contributed by atoms with Gasteiger partial charge in [-0.25, -0.2) is 19.6 Å². The molecule has 1 aromatic heterocycles. The summed E-state index contributed by atoms with van der Waals surface area (Å²) in [5.41, 5.74) is 2.53. The Morgan fingerprint density at radius 2 is 2.38 bits per heavy atom. The molecular weight excluding hydrogens is 218 g/mol. The number of halogens is 2. The van der Waals surface area contributed by atoms with Gasteiger partial charge in [0.1, 0.15) is 5.82 Å². The highest BCUT2D eigenvalue weighted by Crippen LogP contribution is 2.09. The second kappa shape index (κ2) is 5.36. The third kappa shape index (κ3) is 3.13. The summed E-state index contributed by atoms with van der Waals surface area (Å²) in [5.74, 6) is 4.92. The first-order valence-electron chi connectivity index (χ1n) is 4.51. The van der Waals surface area contributed by atoms with Gasteiger partial charge in [-0.1, -0.05) is 0 Å². The lowest BCUT2D eigenvalue weighted by Gasteiger charge is -2.16. The first-order valence-corrected chi connectivity index (χ1v) is 4.51. The van der Waals surface area contributed by atoms with Crippen LogP contribution < -0.4 is 11.3 Å². The van der Waals surface area contributed by atoms with E-state index < -0.39 is 18.9 Å². The second-order valence-electron chi connectivity index (χ2n) is 3.15. The number of rotatable bonds is 4. The maximum Gasteiger partial charge on any atom is 0.255 e. The van der Waals surface area contributed by atoms with E-state index in [1.165, 1.54) is 25.4 Å². The van der Waals surface area contributed by atoms with Crippen LogP contribution in [-0.2, 0) is 0 Å². The number of nitrogens with zero attached hydrogens (tertiary/aromatic N) is 2. The van der Waals surface area contributed by atoms with Crippen LogP contribution in [0.5, 0.6) is 0 Å². The van der Waals surface area contributed by atoms with Gasteiger partial charge in [-0.3, -0.25) is 4.79 Å². The van der Waals surface area contributed by atoms with E-state index in [0.717, 1.165) is 4.90 Å². The van der Waals surface area contributed by atoms with Crippen LogP contribution in [0.4, 0.5) is 14.6 Å². The Morgan fingerprint density at radius 3 is 2.94 bits per heavy atom. The van der Waals surface area contributed by atoms with Gasteiger partial charge in [-0.15, -0.1) is 0 Å². The van der Waals surface area contributed by atoms with Crippen molar-refractivity contribution in [3.05, 3.63) is 23.9 Å². The number of carbonyl (C=O) groups is 1. The number of nitrogen functional groups attached to an aromatic ring is 1. The fraction of sp³-hybridized carbons (Fsp3) is 0.333. The zero-order chi connectivity index (χ0) is 12.1. The molecule has 3 N–H and O–H groups in total. The Labute approximate surface area is 91.2 Å². The summed E-state index contributed by atoms with van der Waals surface area (Å²) in [4.78, 5) is 16.4. The van der Waals surface area contributed by atoms with Gasteiger partial charge in [-0.05, 0) is 12.1 Å². The SMILES string of the molecule is CN(CC(F)F)C(=O)c1ccnc(NN)c1. The first-order chi connectivity index (χ1) is 7.54. The first kappa shape index (κ1) is 12.3. The van der Waals surface area contributed by atoms with Gasteiger partial charge >= 0.3 is 0 Å². The van der Waals surface area contributed by atoms with Gasteiger partial charge in [0.25, 0.3) is 12.3 Å². The van der Waals surface area contributed by atoms with Crippen molar-refractivity contribution in [2.75, 3.05) is 19.0 Å². The minimum absolute atomic E-state index is 0.256. The number of aromatic nitrogens is 1. The highest BCUT2D eigenvalue weighted by Gasteiger charge is 2.16. The van der Waals surface area contributed by atoms with Crippen molar-refractivity contribution in [1.82, 2.24) is 9.88 Å². The van der Waals surface area contributed by atoms with E-state index >= 15 is 0 Å². The Kier molecular flexibility index (Phi) is 4.12. The van der Waals surface area contributed by atoms with Gasteiger partial charge < -0.3 is 10.3 Å². The van der Waals surface area contributed by atoms with Gasteiger partial charge in [-0.2, -0.15) is 0 Å². The molecule has 5 nitrogen and oxygen atoms in total. The molecular formula is C9H12F2N4O. The van der Waals surface area contributed by atoms with Crippen molar-refractivity contribution in [2.24, 2.45) is 5.84 Å². The minimum Gasteiger partial charge on any atom is -0.336 e. The molecule has 0 fully saturated rings. The molecule has 0 aromatic carbocycles.